The molecule has 1 aliphatic rings. The quantitative estimate of drug-likeness (QED) is 0.886. The second kappa shape index (κ2) is 6.65. The van der Waals surface area contributed by atoms with Crippen LogP contribution in [0.1, 0.15) is 13.8 Å². The minimum Gasteiger partial charge on any atom is -0.491 e. The normalized spacial score (nSPS) is 18.6. The van der Waals surface area contributed by atoms with Crippen molar-refractivity contribution in [1.29, 1.82) is 0 Å². The molecule has 0 bridgehead atoms. The molecule has 2 rings (SSSR count). The van der Waals surface area contributed by atoms with Gasteiger partial charge in [-0.05, 0) is 38.1 Å². The number of hydrogen-bond acceptors (Lipinski definition) is 4. The fourth-order valence-corrected chi connectivity index (χ4v) is 2.66. The molecule has 6 heteroatoms. The second-order valence-electron chi connectivity index (χ2n) is 4.82. The Morgan fingerprint density at radius 1 is 1.40 bits per heavy atom. The Hall–Kier alpha value is -1.69. The maximum Gasteiger partial charge on any atom is 0.247 e. The standard InChI is InChI=1S/C14H18N2O3S/c1-9(2)19-11-5-3-10(4-6-11)15-14(18)12-7-20-8-13(17)16-12/h3-6,9,12H,7-8H2,1-2H3,(H,15,18)(H,16,17). The molecule has 5 nitrogen and oxygen atoms in total. The van der Waals surface area contributed by atoms with Crippen molar-refractivity contribution in [1.82, 2.24) is 5.32 Å². The van der Waals surface area contributed by atoms with Gasteiger partial charge < -0.3 is 15.4 Å². The zero-order valence-corrected chi connectivity index (χ0v) is 12.3. The van der Waals surface area contributed by atoms with Crippen LogP contribution in [0.3, 0.4) is 0 Å². The minimum atomic E-state index is -0.465. The molecule has 108 valence electrons. The summed E-state index contributed by atoms with van der Waals surface area (Å²) in [6.45, 7) is 3.91. The van der Waals surface area contributed by atoms with Crippen LogP contribution in [0.15, 0.2) is 24.3 Å². The fraction of sp³-hybridized carbons (Fsp3) is 0.429. The molecule has 2 amide bonds. The van der Waals surface area contributed by atoms with Crippen molar-refractivity contribution >= 4 is 29.3 Å². The van der Waals surface area contributed by atoms with E-state index in [0.29, 0.717) is 17.2 Å². The van der Waals surface area contributed by atoms with Crippen molar-refractivity contribution in [3.05, 3.63) is 24.3 Å². The average molecular weight is 294 g/mol. The van der Waals surface area contributed by atoms with Gasteiger partial charge in [-0.2, -0.15) is 0 Å². The summed E-state index contributed by atoms with van der Waals surface area (Å²) in [5.74, 6) is 1.50. The van der Waals surface area contributed by atoms with Gasteiger partial charge in [0.05, 0.1) is 11.9 Å². The predicted molar refractivity (Wildman–Crippen MR) is 80.1 cm³/mol. The van der Waals surface area contributed by atoms with E-state index in [2.05, 4.69) is 10.6 Å². The molecule has 1 fully saturated rings. The molecule has 0 radical (unpaired) electrons. The molecule has 2 N–H and O–H groups in total. The fourth-order valence-electron chi connectivity index (χ4n) is 1.81. The molecule has 1 atom stereocenters. The number of hydrogen-bond donors (Lipinski definition) is 2. The number of benzene rings is 1. The summed E-state index contributed by atoms with van der Waals surface area (Å²) >= 11 is 1.47. The first-order valence-electron chi connectivity index (χ1n) is 6.49. The van der Waals surface area contributed by atoms with Crippen LogP contribution in [0.4, 0.5) is 5.69 Å². The Kier molecular flexibility index (Phi) is 4.89. The zero-order chi connectivity index (χ0) is 14.5. The van der Waals surface area contributed by atoms with Gasteiger partial charge in [0, 0.05) is 11.4 Å². The number of amides is 2. The minimum absolute atomic E-state index is 0.0953. The Balaban J connectivity index is 1.92. The van der Waals surface area contributed by atoms with Crippen molar-refractivity contribution in [2.75, 3.05) is 16.8 Å². The van der Waals surface area contributed by atoms with Gasteiger partial charge in [0.1, 0.15) is 11.8 Å². The van der Waals surface area contributed by atoms with Crippen LogP contribution in [-0.4, -0.2) is 35.5 Å². The van der Waals surface area contributed by atoms with Gasteiger partial charge in [-0.3, -0.25) is 9.59 Å². The van der Waals surface area contributed by atoms with E-state index in [0.717, 1.165) is 5.75 Å². The lowest BCUT2D eigenvalue weighted by atomic mass is 10.2. The first-order chi connectivity index (χ1) is 9.54. The summed E-state index contributed by atoms with van der Waals surface area (Å²) in [5.41, 5.74) is 0.691. The van der Waals surface area contributed by atoms with Crippen LogP contribution in [0.25, 0.3) is 0 Å². The van der Waals surface area contributed by atoms with Crippen molar-refractivity contribution in [3.63, 3.8) is 0 Å². The van der Waals surface area contributed by atoms with Crippen molar-refractivity contribution in [3.8, 4) is 5.75 Å². The predicted octanol–water partition coefficient (Wildman–Crippen LogP) is 1.64. The van der Waals surface area contributed by atoms with E-state index in [9.17, 15) is 9.59 Å². The highest BCUT2D eigenvalue weighted by molar-refractivity contribution is 8.00. The maximum absolute atomic E-state index is 12.0. The third-order valence-electron chi connectivity index (χ3n) is 2.66. The molecule has 0 saturated carbocycles. The third kappa shape index (κ3) is 4.16. The van der Waals surface area contributed by atoms with Crippen molar-refractivity contribution < 1.29 is 14.3 Å². The molecule has 0 spiro atoms. The van der Waals surface area contributed by atoms with Crippen LogP contribution >= 0.6 is 11.8 Å². The van der Waals surface area contributed by atoms with Gasteiger partial charge >= 0.3 is 0 Å². The van der Waals surface area contributed by atoms with Gasteiger partial charge in [-0.15, -0.1) is 11.8 Å². The first-order valence-corrected chi connectivity index (χ1v) is 7.65. The summed E-state index contributed by atoms with van der Waals surface area (Å²) < 4.78 is 5.53. The molecular weight excluding hydrogens is 276 g/mol. The van der Waals surface area contributed by atoms with Crippen molar-refractivity contribution in [2.45, 2.75) is 26.0 Å². The number of rotatable bonds is 4. The van der Waals surface area contributed by atoms with Gasteiger partial charge in [0.15, 0.2) is 0 Å². The molecule has 20 heavy (non-hydrogen) atoms. The highest BCUT2D eigenvalue weighted by Gasteiger charge is 2.24. The van der Waals surface area contributed by atoms with Crippen LogP contribution in [0.5, 0.6) is 5.75 Å². The highest BCUT2D eigenvalue weighted by Crippen LogP contribution is 2.18. The van der Waals surface area contributed by atoms with Crippen LogP contribution in [-0.2, 0) is 9.59 Å². The zero-order valence-electron chi connectivity index (χ0n) is 11.5. The number of carbonyl (C=O) groups is 2. The van der Waals surface area contributed by atoms with Gasteiger partial charge in [-0.1, -0.05) is 0 Å². The molecule has 1 aromatic rings. The number of thioether (sulfide) groups is 1. The van der Waals surface area contributed by atoms with E-state index < -0.39 is 6.04 Å². The highest BCUT2D eigenvalue weighted by atomic mass is 32.2. The topological polar surface area (TPSA) is 67.4 Å². The molecule has 0 aliphatic carbocycles. The van der Waals surface area contributed by atoms with E-state index >= 15 is 0 Å². The van der Waals surface area contributed by atoms with Crippen LogP contribution in [0, 0.1) is 0 Å². The second-order valence-corrected chi connectivity index (χ2v) is 5.85. The summed E-state index contributed by atoms with van der Waals surface area (Å²) in [7, 11) is 0. The van der Waals surface area contributed by atoms with E-state index in [-0.39, 0.29) is 17.9 Å². The SMILES string of the molecule is CC(C)Oc1ccc(NC(=O)C2CSCC(=O)N2)cc1. The summed E-state index contributed by atoms with van der Waals surface area (Å²) in [6, 6.07) is 6.72. The molecule has 1 aliphatic heterocycles. The smallest absolute Gasteiger partial charge is 0.247 e. The largest absolute Gasteiger partial charge is 0.491 e. The van der Waals surface area contributed by atoms with Gasteiger partial charge in [-0.25, -0.2) is 0 Å². The lowest BCUT2D eigenvalue weighted by Gasteiger charge is -2.22. The van der Waals surface area contributed by atoms with E-state index in [1.54, 1.807) is 12.1 Å². The summed E-state index contributed by atoms with van der Waals surface area (Å²) in [5, 5.41) is 5.47. The van der Waals surface area contributed by atoms with Gasteiger partial charge in [0.25, 0.3) is 0 Å². The van der Waals surface area contributed by atoms with Crippen LogP contribution < -0.4 is 15.4 Å². The van der Waals surface area contributed by atoms with E-state index in [1.807, 2.05) is 26.0 Å². The number of anilines is 1. The Morgan fingerprint density at radius 3 is 2.70 bits per heavy atom. The van der Waals surface area contributed by atoms with E-state index in [4.69, 9.17) is 4.74 Å². The molecule has 1 unspecified atom stereocenters. The number of carbonyl (C=O) groups excluding carboxylic acids is 2. The Bertz CT molecular complexity index is 488. The van der Waals surface area contributed by atoms with Crippen LogP contribution in [0.2, 0.25) is 0 Å². The number of nitrogens with one attached hydrogen (secondary N) is 2. The Labute approximate surface area is 122 Å². The van der Waals surface area contributed by atoms with E-state index in [1.165, 1.54) is 11.8 Å². The molecule has 1 aromatic carbocycles. The molecule has 1 heterocycles. The lowest BCUT2D eigenvalue weighted by Crippen LogP contribution is -2.49. The maximum atomic E-state index is 12.0. The number of ether oxygens (including phenoxy) is 1. The monoisotopic (exact) mass is 294 g/mol. The molecule has 0 aromatic heterocycles. The summed E-state index contributed by atoms with van der Waals surface area (Å²) in [6.07, 6.45) is 0.116. The molecular formula is C14H18N2O3S. The summed E-state index contributed by atoms with van der Waals surface area (Å²) in [4.78, 5) is 23.3. The third-order valence-corrected chi connectivity index (χ3v) is 3.70. The first kappa shape index (κ1) is 14.7. The lowest BCUT2D eigenvalue weighted by molar-refractivity contribution is -0.124. The Morgan fingerprint density at radius 2 is 2.10 bits per heavy atom. The van der Waals surface area contributed by atoms with Crippen molar-refractivity contribution in [2.24, 2.45) is 0 Å². The van der Waals surface area contributed by atoms with Gasteiger partial charge in [0.2, 0.25) is 11.8 Å². The molecule has 1 saturated heterocycles. The average Bonchev–Trinajstić information content (AvgIpc) is 2.40.